The van der Waals surface area contributed by atoms with E-state index in [-0.39, 0.29) is 53.4 Å². The molecule has 3 saturated heterocycles. The van der Waals surface area contributed by atoms with E-state index in [9.17, 15) is 19.2 Å². The predicted molar refractivity (Wildman–Crippen MR) is 212 cm³/mol. The van der Waals surface area contributed by atoms with Gasteiger partial charge in [-0.3, -0.25) is 19.4 Å². The van der Waals surface area contributed by atoms with Gasteiger partial charge in [0.05, 0.1) is 19.3 Å². The summed E-state index contributed by atoms with van der Waals surface area (Å²) in [5, 5.41) is 5.50. The molecule has 15 nitrogen and oxygen atoms in total. The largest absolute Gasteiger partial charge is 0.465 e. The number of hydrogen-bond donors (Lipinski definition) is 2. The van der Waals surface area contributed by atoms with Crippen molar-refractivity contribution in [2.75, 3.05) is 61.5 Å². The van der Waals surface area contributed by atoms with Crippen molar-refractivity contribution in [3.05, 3.63) is 35.3 Å². The zero-order chi connectivity index (χ0) is 41.1. The molecule has 5 heterocycles. The van der Waals surface area contributed by atoms with Gasteiger partial charge < -0.3 is 34.2 Å². The van der Waals surface area contributed by atoms with Crippen LogP contribution in [0.4, 0.5) is 31.3 Å². The monoisotopic (exact) mass is 809 g/mol. The maximum atomic E-state index is 15.8. The number of carbonyl (C=O) groups excluding carboxylic acids is 4. The van der Waals surface area contributed by atoms with Gasteiger partial charge in [-0.2, -0.15) is 0 Å². The van der Waals surface area contributed by atoms with Crippen LogP contribution in [0.2, 0.25) is 18.1 Å². The maximum absolute atomic E-state index is 15.8. The van der Waals surface area contributed by atoms with Crippen LogP contribution < -0.4 is 20.3 Å². The molecule has 4 aliphatic heterocycles. The van der Waals surface area contributed by atoms with Gasteiger partial charge in [0.2, 0.25) is 0 Å². The van der Waals surface area contributed by atoms with Crippen LogP contribution in [0.1, 0.15) is 78.4 Å². The Hall–Kier alpha value is -4.35. The molecular weight excluding hydrogens is 754 g/mol. The molecule has 0 radical (unpaired) electrons. The van der Waals surface area contributed by atoms with Gasteiger partial charge in [0.25, 0.3) is 17.7 Å². The molecule has 1 aromatic heterocycles. The van der Waals surface area contributed by atoms with Crippen LogP contribution in [-0.2, 0) is 36.3 Å². The third-order valence-corrected chi connectivity index (χ3v) is 16.9. The third-order valence-electron chi connectivity index (χ3n) is 12.4. The van der Waals surface area contributed by atoms with Crippen LogP contribution in [0, 0.1) is 11.7 Å². The van der Waals surface area contributed by atoms with Crippen molar-refractivity contribution < 1.29 is 42.2 Å². The number of hydrogen-bond acceptors (Lipinski definition) is 11. The van der Waals surface area contributed by atoms with Gasteiger partial charge >= 0.3 is 12.2 Å². The summed E-state index contributed by atoms with van der Waals surface area (Å²) in [6.45, 7) is 18.7. The molecule has 0 saturated carbocycles. The molecule has 7 rings (SSSR count). The Kier molecular flexibility index (Phi) is 10.6. The number of amides is 4. The summed E-state index contributed by atoms with van der Waals surface area (Å²) in [5.41, 5.74) is -0.865. The van der Waals surface area contributed by atoms with E-state index in [4.69, 9.17) is 18.6 Å². The molecule has 3 fully saturated rings. The minimum absolute atomic E-state index is 0.0234. The van der Waals surface area contributed by atoms with Gasteiger partial charge in [0.1, 0.15) is 22.6 Å². The minimum Gasteiger partial charge on any atom is -0.465 e. The van der Waals surface area contributed by atoms with Crippen LogP contribution >= 0.6 is 0 Å². The van der Waals surface area contributed by atoms with E-state index in [0.717, 1.165) is 12.1 Å². The SMILES string of the molecule is CC(C)(C)OC(=O)N1CCC[C@@]1(CO[Si](C)(C)C(C)(C)C)C(=O)Nc1cc(F)c2c(c1)CC(CN1CCC3(CC1)CN(c1cnc4c(n1)NC(=O)CO4)C(=O)O3)C2. The van der Waals surface area contributed by atoms with E-state index in [2.05, 4.69) is 59.4 Å². The van der Waals surface area contributed by atoms with Gasteiger partial charge in [-0.1, -0.05) is 20.8 Å². The number of piperidine rings is 1. The Morgan fingerprint density at radius 2 is 1.81 bits per heavy atom. The molecule has 2 N–H and O–H groups in total. The summed E-state index contributed by atoms with van der Waals surface area (Å²) in [7, 11) is -2.32. The number of rotatable bonds is 8. The van der Waals surface area contributed by atoms with Crippen molar-refractivity contribution in [2.24, 2.45) is 5.92 Å². The Bertz CT molecular complexity index is 1940. The number of likely N-dealkylation sites (tertiary alicyclic amines) is 2. The molecule has 1 spiro atoms. The quantitative estimate of drug-likeness (QED) is 0.306. The van der Waals surface area contributed by atoms with Crippen molar-refractivity contribution in [2.45, 2.75) is 115 Å². The van der Waals surface area contributed by atoms with E-state index >= 15 is 4.39 Å². The Morgan fingerprint density at radius 3 is 2.51 bits per heavy atom. The van der Waals surface area contributed by atoms with Gasteiger partial charge in [-0.25, -0.2) is 23.9 Å². The first-order valence-electron chi connectivity index (χ1n) is 20.0. The van der Waals surface area contributed by atoms with Gasteiger partial charge in [0, 0.05) is 44.7 Å². The lowest BCUT2D eigenvalue weighted by molar-refractivity contribution is -0.128. The zero-order valence-electron chi connectivity index (χ0n) is 34.4. The summed E-state index contributed by atoms with van der Waals surface area (Å²) < 4.78 is 39.4. The van der Waals surface area contributed by atoms with Crippen molar-refractivity contribution in [3.63, 3.8) is 0 Å². The van der Waals surface area contributed by atoms with Crippen LogP contribution in [0.5, 0.6) is 5.88 Å². The van der Waals surface area contributed by atoms with Crippen LogP contribution in [0.3, 0.4) is 0 Å². The lowest BCUT2D eigenvalue weighted by Crippen LogP contribution is -2.60. The highest BCUT2D eigenvalue weighted by molar-refractivity contribution is 6.74. The molecule has 1 aromatic carbocycles. The van der Waals surface area contributed by atoms with E-state index < -0.39 is 43.2 Å². The smallest absolute Gasteiger partial charge is 0.416 e. The topological polar surface area (TPSA) is 165 Å². The first-order chi connectivity index (χ1) is 26.7. The van der Waals surface area contributed by atoms with Crippen LogP contribution in [0.25, 0.3) is 0 Å². The molecule has 0 bridgehead atoms. The Labute approximate surface area is 334 Å². The molecular formula is C40H56FN7O8Si. The number of halogens is 1. The molecule has 1 aliphatic carbocycles. The van der Waals surface area contributed by atoms with Crippen molar-refractivity contribution in [1.29, 1.82) is 0 Å². The maximum Gasteiger partial charge on any atom is 0.416 e. The average molecular weight is 810 g/mol. The number of anilines is 3. The highest BCUT2D eigenvalue weighted by atomic mass is 28.4. The summed E-state index contributed by atoms with van der Waals surface area (Å²) in [4.78, 5) is 66.6. The van der Waals surface area contributed by atoms with Crippen LogP contribution in [-0.4, -0.2) is 115 Å². The number of nitrogens with one attached hydrogen (secondary N) is 2. The first kappa shape index (κ1) is 40.8. The van der Waals surface area contributed by atoms with Crippen molar-refractivity contribution in [1.82, 2.24) is 19.8 Å². The number of ether oxygens (including phenoxy) is 3. The van der Waals surface area contributed by atoms with E-state index in [1.807, 2.05) is 6.07 Å². The molecule has 4 amide bonds. The zero-order valence-corrected chi connectivity index (χ0v) is 35.4. The summed E-state index contributed by atoms with van der Waals surface area (Å²) in [6, 6.07) is 3.25. The highest BCUT2D eigenvalue weighted by Gasteiger charge is 2.53. The summed E-state index contributed by atoms with van der Waals surface area (Å²) in [5.74, 6) is -0.289. The highest BCUT2D eigenvalue weighted by Crippen LogP contribution is 2.41. The lowest BCUT2D eigenvalue weighted by atomic mass is 9.90. The number of aromatic nitrogens is 2. The molecule has 2 aromatic rings. The normalized spacial score (nSPS) is 23.5. The molecule has 310 valence electrons. The average Bonchev–Trinajstić information content (AvgIpc) is 3.83. The number of fused-ring (bicyclic) bond motifs is 2. The number of carbonyl (C=O) groups is 4. The number of benzene rings is 1. The fourth-order valence-corrected chi connectivity index (χ4v) is 9.24. The number of nitrogens with zero attached hydrogens (tertiary/aromatic N) is 5. The van der Waals surface area contributed by atoms with Gasteiger partial charge in [0.15, 0.2) is 26.6 Å². The van der Waals surface area contributed by atoms with Crippen molar-refractivity contribution >= 4 is 49.6 Å². The second-order valence-corrected chi connectivity index (χ2v) is 23.6. The Morgan fingerprint density at radius 1 is 1.07 bits per heavy atom. The van der Waals surface area contributed by atoms with Gasteiger partial charge in [-0.15, -0.1) is 0 Å². The van der Waals surface area contributed by atoms with E-state index in [1.54, 1.807) is 20.8 Å². The fraction of sp³-hybridized carbons (Fsp3) is 0.650. The van der Waals surface area contributed by atoms with Gasteiger partial charge in [-0.05, 0) is 93.8 Å². The molecule has 5 aliphatic rings. The predicted octanol–water partition coefficient (Wildman–Crippen LogP) is 5.88. The third kappa shape index (κ3) is 8.33. The standard InChI is InChI=1S/C40H56FN7O8Si/c1-37(2,3)55-36(52)48-13-9-10-40(48,24-54-57(7,8)38(4,5)6)34(50)43-27-18-26-16-25(17-28(26)29(41)19-27)21-46-14-11-39(12-15-46)23-47(35(51)56-39)30-20-42-33-32(44-30)45-31(49)22-53-33/h18-20,25H,9-17,21-24H2,1-8H3,(H,43,50)(H,44,45,49)/t25?,40-/m1/s1. The minimum atomic E-state index is -2.32. The van der Waals surface area contributed by atoms with E-state index in [1.165, 1.54) is 22.1 Å². The second kappa shape index (κ2) is 14.8. The first-order valence-corrected chi connectivity index (χ1v) is 22.9. The van der Waals surface area contributed by atoms with Crippen LogP contribution in [0.15, 0.2) is 18.3 Å². The van der Waals surface area contributed by atoms with Crippen molar-refractivity contribution in [3.8, 4) is 5.88 Å². The van der Waals surface area contributed by atoms with E-state index in [0.29, 0.717) is 76.0 Å². The summed E-state index contributed by atoms with van der Waals surface area (Å²) >= 11 is 0. The molecule has 2 atom stereocenters. The second-order valence-electron chi connectivity index (χ2n) is 18.8. The Balaban J connectivity index is 0.986. The summed E-state index contributed by atoms with van der Waals surface area (Å²) in [6.07, 6.45) is 3.84. The fourth-order valence-electron chi connectivity index (χ4n) is 8.21. The lowest BCUT2D eigenvalue weighted by Gasteiger charge is -2.42. The molecule has 17 heteroatoms. The molecule has 57 heavy (non-hydrogen) atoms. The molecule has 1 unspecified atom stereocenters.